The second-order valence-electron chi connectivity index (χ2n) is 9.90. The molecular weight excluding hydrogens is 346 g/mol. The predicted molar refractivity (Wildman–Crippen MR) is 117 cm³/mol. The molecule has 3 rings (SSSR count). The first-order chi connectivity index (χ1) is 13.6. The molecule has 0 aromatic carbocycles. The highest BCUT2D eigenvalue weighted by Gasteiger charge is 2.43. The zero-order valence-electron chi connectivity index (χ0n) is 18.2. The molecule has 0 bridgehead atoms. The fraction of sp³-hybridized carbons (Fsp3) is 0.840. The first-order valence-electron chi connectivity index (χ1n) is 12.0. The number of allylic oxidation sites excluding steroid dienone is 2. The molecule has 3 aliphatic rings. The molecule has 0 aromatic rings. The van der Waals surface area contributed by atoms with E-state index in [0.29, 0.717) is 17.8 Å². The monoisotopic (exact) mass is 389 g/mol. The van der Waals surface area contributed by atoms with Gasteiger partial charge in [0.1, 0.15) is 0 Å². The van der Waals surface area contributed by atoms with Gasteiger partial charge in [0.2, 0.25) is 0 Å². The van der Waals surface area contributed by atoms with Crippen molar-refractivity contribution in [2.24, 2.45) is 29.6 Å². The van der Waals surface area contributed by atoms with Gasteiger partial charge >= 0.3 is 0 Å². The first kappa shape index (κ1) is 22.1. The van der Waals surface area contributed by atoms with Gasteiger partial charge in [-0.15, -0.1) is 0 Å². The fourth-order valence-electron chi connectivity index (χ4n) is 5.77. The highest BCUT2D eigenvalue weighted by atomic mass is 16.3. The second-order valence-corrected chi connectivity index (χ2v) is 9.90. The molecule has 28 heavy (non-hydrogen) atoms. The van der Waals surface area contributed by atoms with E-state index in [9.17, 15) is 10.2 Å². The number of nitrogens with one attached hydrogen (secondary N) is 1. The third-order valence-corrected chi connectivity index (χ3v) is 7.53. The zero-order chi connectivity index (χ0) is 19.9. The lowest BCUT2D eigenvalue weighted by molar-refractivity contribution is 0.139. The Hall–Kier alpha value is -0.640. The number of hydrogen-bond donors (Lipinski definition) is 3. The van der Waals surface area contributed by atoms with Crippen molar-refractivity contribution in [3.05, 3.63) is 23.8 Å². The molecule has 1 saturated carbocycles. The van der Waals surface area contributed by atoms with E-state index >= 15 is 0 Å². The molecule has 0 unspecified atom stereocenters. The Kier molecular flexibility index (Phi) is 8.62. The van der Waals surface area contributed by atoms with Gasteiger partial charge in [0, 0.05) is 5.92 Å². The number of fused-ring (bicyclic) bond motifs is 1. The normalized spacial score (nSPS) is 33.2. The number of unbranched alkanes of at least 4 members (excludes halogenated alkanes) is 1. The highest BCUT2D eigenvalue weighted by Crippen LogP contribution is 2.48. The van der Waals surface area contributed by atoms with Crippen molar-refractivity contribution in [3.8, 4) is 0 Å². The van der Waals surface area contributed by atoms with Crippen LogP contribution >= 0.6 is 0 Å². The Balaban J connectivity index is 1.45. The number of rotatable bonds is 10. The van der Waals surface area contributed by atoms with Crippen LogP contribution in [0, 0.1) is 29.6 Å². The maximum Gasteiger partial charge on any atom is 0.0723 e. The quantitative estimate of drug-likeness (QED) is 0.469. The summed E-state index contributed by atoms with van der Waals surface area (Å²) < 4.78 is 0. The Bertz CT molecular complexity index is 523. The smallest absolute Gasteiger partial charge is 0.0723 e. The van der Waals surface area contributed by atoms with Crippen molar-refractivity contribution in [2.75, 3.05) is 13.1 Å². The van der Waals surface area contributed by atoms with E-state index in [1.54, 1.807) is 5.57 Å². The summed E-state index contributed by atoms with van der Waals surface area (Å²) in [5, 5.41) is 24.4. The standard InChI is InChI=1S/C25H43NO2/c1-3-4-5-18(2)14-22(27)8-9-23-24-16-20(15-21(24)17-25(23)28)7-6-19-10-12-26-13-11-19/h8-9,15,18-19,21-28H,3-7,10-14,16-17H2,1-2H3/t18-,21-,22+,23+,24-,25+/m0/s1. The highest BCUT2D eigenvalue weighted by molar-refractivity contribution is 5.21. The van der Waals surface area contributed by atoms with E-state index in [1.165, 1.54) is 58.0 Å². The van der Waals surface area contributed by atoms with Gasteiger partial charge in [-0.2, -0.15) is 0 Å². The van der Waals surface area contributed by atoms with Gasteiger partial charge in [-0.05, 0) is 81.7 Å². The van der Waals surface area contributed by atoms with E-state index < -0.39 is 0 Å². The van der Waals surface area contributed by atoms with Gasteiger partial charge in [-0.1, -0.05) is 56.9 Å². The van der Waals surface area contributed by atoms with E-state index in [-0.39, 0.29) is 18.1 Å². The van der Waals surface area contributed by atoms with Crippen molar-refractivity contribution >= 4 is 0 Å². The maximum absolute atomic E-state index is 10.6. The topological polar surface area (TPSA) is 52.5 Å². The molecule has 1 heterocycles. The van der Waals surface area contributed by atoms with Crippen molar-refractivity contribution in [1.82, 2.24) is 5.32 Å². The maximum atomic E-state index is 10.6. The van der Waals surface area contributed by atoms with Crippen LogP contribution in [0.15, 0.2) is 23.8 Å². The van der Waals surface area contributed by atoms with E-state index in [2.05, 4.69) is 31.3 Å². The third kappa shape index (κ3) is 6.18. The van der Waals surface area contributed by atoms with Gasteiger partial charge in [0.15, 0.2) is 0 Å². The molecule has 1 saturated heterocycles. The fourth-order valence-corrected chi connectivity index (χ4v) is 5.77. The number of aliphatic hydroxyl groups is 2. The molecule has 0 spiro atoms. The minimum absolute atomic E-state index is 0.221. The molecular formula is C25H43NO2. The van der Waals surface area contributed by atoms with Crippen LogP contribution in [0.1, 0.15) is 78.1 Å². The van der Waals surface area contributed by atoms with E-state index in [1.807, 2.05) is 6.08 Å². The predicted octanol–water partition coefficient (Wildman–Crippen LogP) is 4.84. The Morgan fingerprint density at radius 3 is 2.82 bits per heavy atom. The summed E-state index contributed by atoms with van der Waals surface area (Å²) in [6.45, 7) is 6.83. The van der Waals surface area contributed by atoms with Gasteiger partial charge in [-0.25, -0.2) is 0 Å². The Morgan fingerprint density at radius 2 is 2.07 bits per heavy atom. The van der Waals surface area contributed by atoms with Crippen molar-refractivity contribution in [1.29, 1.82) is 0 Å². The van der Waals surface area contributed by atoms with Crippen LogP contribution in [-0.4, -0.2) is 35.5 Å². The Labute approximate surface area is 172 Å². The lowest BCUT2D eigenvalue weighted by Gasteiger charge is -2.23. The van der Waals surface area contributed by atoms with Crippen molar-refractivity contribution < 1.29 is 10.2 Å². The minimum Gasteiger partial charge on any atom is -0.392 e. The molecule has 1 aliphatic heterocycles. The third-order valence-electron chi connectivity index (χ3n) is 7.53. The summed E-state index contributed by atoms with van der Waals surface area (Å²) in [5.41, 5.74) is 1.63. The second kappa shape index (κ2) is 10.9. The average molecular weight is 390 g/mol. The van der Waals surface area contributed by atoms with Crippen LogP contribution in [0.25, 0.3) is 0 Å². The largest absolute Gasteiger partial charge is 0.392 e. The molecule has 3 nitrogen and oxygen atoms in total. The van der Waals surface area contributed by atoms with Gasteiger partial charge in [0.05, 0.1) is 12.2 Å². The van der Waals surface area contributed by atoms with Gasteiger partial charge in [0.25, 0.3) is 0 Å². The molecule has 3 heteroatoms. The lowest BCUT2D eigenvalue weighted by Crippen LogP contribution is -2.27. The zero-order valence-corrected chi connectivity index (χ0v) is 18.2. The van der Waals surface area contributed by atoms with Crippen LogP contribution in [0.3, 0.4) is 0 Å². The summed E-state index contributed by atoms with van der Waals surface area (Å²) >= 11 is 0. The van der Waals surface area contributed by atoms with Gasteiger partial charge in [-0.3, -0.25) is 0 Å². The van der Waals surface area contributed by atoms with Gasteiger partial charge < -0.3 is 15.5 Å². The molecule has 3 N–H and O–H groups in total. The molecule has 2 fully saturated rings. The van der Waals surface area contributed by atoms with Crippen LogP contribution < -0.4 is 5.32 Å². The summed E-state index contributed by atoms with van der Waals surface area (Å²) in [7, 11) is 0. The van der Waals surface area contributed by atoms with E-state index in [4.69, 9.17) is 0 Å². The minimum atomic E-state index is -0.369. The molecule has 2 aliphatic carbocycles. The van der Waals surface area contributed by atoms with Crippen molar-refractivity contribution in [3.63, 3.8) is 0 Å². The molecule has 0 amide bonds. The first-order valence-corrected chi connectivity index (χ1v) is 12.0. The summed E-state index contributed by atoms with van der Waals surface area (Å²) in [5.74, 6) is 2.79. The molecule has 0 aromatic heterocycles. The summed E-state index contributed by atoms with van der Waals surface area (Å²) in [6, 6.07) is 0. The molecule has 6 atom stereocenters. The number of hydrogen-bond acceptors (Lipinski definition) is 3. The average Bonchev–Trinajstić information content (AvgIpc) is 3.20. The van der Waals surface area contributed by atoms with Crippen LogP contribution in [-0.2, 0) is 0 Å². The number of piperidine rings is 1. The SMILES string of the molecule is CCCC[C@H](C)C[C@H](O)C=C[C@@H]1[C@H]2CC(CCC3CCNCC3)=C[C@H]2C[C@H]1O. The van der Waals surface area contributed by atoms with Crippen LogP contribution in [0.2, 0.25) is 0 Å². The summed E-state index contributed by atoms with van der Waals surface area (Å²) in [6.07, 6.45) is 17.8. The molecule has 0 radical (unpaired) electrons. The number of aliphatic hydroxyl groups excluding tert-OH is 2. The Morgan fingerprint density at radius 1 is 1.29 bits per heavy atom. The summed E-state index contributed by atoms with van der Waals surface area (Å²) in [4.78, 5) is 0. The molecule has 160 valence electrons. The van der Waals surface area contributed by atoms with E-state index in [0.717, 1.165) is 25.2 Å². The van der Waals surface area contributed by atoms with Crippen LogP contribution in [0.4, 0.5) is 0 Å². The lowest BCUT2D eigenvalue weighted by atomic mass is 9.87. The van der Waals surface area contributed by atoms with Crippen molar-refractivity contribution in [2.45, 2.75) is 90.3 Å². The van der Waals surface area contributed by atoms with Crippen LogP contribution in [0.5, 0.6) is 0 Å².